The number of rotatable bonds is 4. The van der Waals surface area contributed by atoms with E-state index in [1.807, 2.05) is 18.2 Å². The smallest absolute Gasteiger partial charge is 0.319 e. The third-order valence-electron chi connectivity index (χ3n) is 3.38. The van der Waals surface area contributed by atoms with Crippen molar-refractivity contribution in [3.8, 4) is 0 Å². The Morgan fingerprint density at radius 1 is 1.25 bits per heavy atom. The number of aliphatic carboxylic acids is 1. The summed E-state index contributed by atoms with van der Waals surface area (Å²) in [4.78, 5) is 22.9. The minimum Gasteiger partial charge on any atom is -0.481 e. The molecule has 0 unspecified atom stereocenters. The molecule has 20 heavy (non-hydrogen) atoms. The first-order valence-corrected chi connectivity index (χ1v) is 7.75. The second kappa shape index (κ2) is 6.13. The van der Waals surface area contributed by atoms with Gasteiger partial charge in [-0.25, -0.2) is 4.79 Å². The van der Waals surface area contributed by atoms with Gasteiger partial charge < -0.3 is 15.7 Å². The van der Waals surface area contributed by atoms with Crippen LogP contribution < -0.4 is 10.6 Å². The highest BCUT2D eigenvalue weighted by atomic mass is 79.9. The first-order chi connectivity index (χ1) is 9.42. The van der Waals surface area contributed by atoms with E-state index in [0.29, 0.717) is 18.5 Å². The fraction of sp³-hybridized carbons (Fsp3) is 0.385. The van der Waals surface area contributed by atoms with Crippen LogP contribution in [-0.2, 0) is 4.79 Å². The number of benzene rings is 1. The molecular formula is C13H14Br2N2O3. The number of urea groups is 1. The van der Waals surface area contributed by atoms with E-state index in [4.69, 9.17) is 5.11 Å². The lowest BCUT2D eigenvalue weighted by Crippen LogP contribution is -2.55. The quantitative estimate of drug-likeness (QED) is 0.713. The van der Waals surface area contributed by atoms with E-state index in [0.717, 1.165) is 15.4 Å². The molecule has 0 radical (unpaired) electrons. The number of halogens is 2. The number of para-hydroxylation sites is 1. The molecule has 1 aliphatic carbocycles. The van der Waals surface area contributed by atoms with E-state index in [2.05, 4.69) is 42.5 Å². The zero-order valence-corrected chi connectivity index (χ0v) is 13.8. The fourth-order valence-electron chi connectivity index (χ4n) is 2.24. The number of carboxylic acid groups (broad SMARTS) is 1. The van der Waals surface area contributed by atoms with Crippen LogP contribution in [-0.4, -0.2) is 22.6 Å². The van der Waals surface area contributed by atoms with Crippen molar-refractivity contribution in [2.75, 3.05) is 5.32 Å². The Morgan fingerprint density at radius 2 is 1.85 bits per heavy atom. The Kier molecular flexibility index (Phi) is 4.70. The van der Waals surface area contributed by atoms with Crippen LogP contribution in [0.2, 0.25) is 0 Å². The second-order valence-electron chi connectivity index (χ2n) is 4.88. The van der Waals surface area contributed by atoms with Crippen LogP contribution in [0, 0.1) is 0 Å². The number of amides is 2. The molecular weight excluding hydrogens is 392 g/mol. The van der Waals surface area contributed by atoms with Crippen LogP contribution in [0.3, 0.4) is 0 Å². The molecule has 0 bridgehead atoms. The number of anilines is 1. The first-order valence-electron chi connectivity index (χ1n) is 6.17. The number of carbonyl (C=O) groups is 2. The van der Waals surface area contributed by atoms with Gasteiger partial charge in [0.15, 0.2) is 0 Å². The summed E-state index contributed by atoms with van der Waals surface area (Å²) in [6, 6.07) is 5.08. The molecule has 0 spiro atoms. The van der Waals surface area contributed by atoms with Crippen molar-refractivity contribution in [2.45, 2.75) is 31.2 Å². The van der Waals surface area contributed by atoms with Gasteiger partial charge >= 0.3 is 12.0 Å². The Labute approximate surface area is 133 Å². The van der Waals surface area contributed by atoms with Crippen LogP contribution in [0.25, 0.3) is 0 Å². The first kappa shape index (κ1) is 15.3. The van der Waals surface area contributed by atoms with Gasteiger partial charge in [0.25, 0.3) is 0 Å². The lowest BCUT2D eigenvalue weighted by Gasteiger charge is -2.41. The summed E-state index contributed by atoms with van der Waals surface area (Å²) in [6.07, 6.45) is 2.29. The predicted molar refractivity (Wildman–Crippen MR) is 82.8 cm³/mol. The van der Waals surface area contributed by atoms with Crippen molar-refractivity contribution < 1.29 is 14.7 Å². The third-order valence-corrected chi connectivity index (χ3v) is 4.70. The molecule has 1 aromatic rings. The zero-order chi connectivity index (χ0) is 14.8. The summed E-state index contributed by atoms with van der Waals surface area (Å²) in [5, 5.41) is 14.4. The topological polar surface area (TPSA) is 78.4 Å². The van der Waals surface area contributed by atoms with Gasteiger partial charge in [-0.2, -0.15) is 0 Å². The Morgan fingerprint density at radius 3 is 2.30 bits per heavy atom. The van der Waals surface area contributed by atoms with Gasteiger partial charge in [0.1, 0.15) is 0 Å². The number of carbonyl (C=O) groups excluding carboxylic acids is 1. The van der Waals surface area contributed by atoms with E-state index in [9.17, 15) is 9.59 Å². The summed E-state index contributed by atoms with van der Waals surface area (Å²) in [5.41, 5.74) is 0.0127. The van der Waals surface area contributed by atoms with Crippen LogP contribution in [0.4, 0.5) is 10.5 Å². The summed E-state index contributed by atoms with van der Waals surface area (Å²) in [7, 11) is 0. The summed E-state index contributed by atoms with van der Waals surface area (Å²) in [5.74, 6) is -0.896. The number of hydrogen-bond acceptors (Lipinski definition) is 2. The van der Waals surface area contributed by atoms with Gasteiger partial charge in [-0.3, -0.25) is 4.79 Å². The Balaban J connectivity index is 2.04. The molecule has 1 aromatic carbocycles. The molecule has 0 aromatic heterocycles. The lowest BCUT2D eigenvalue weighted by atomic mass is 9.74. The Bertz CT molecular complexity index is 524. The normalized spacial score (nSPS) is 16.1. The Hall–Kier alpha value is -1.08. The molecule has 108 valence electrons. The van der Waals surface area contributed by atoms with Gasteiger partial charge in [-0.05, 0) is 63.3 Å². The zero-order valence-electron chi connectivity index (χ0n) is 10.6. The maximum Gasteiger partial charge on any atom is 0.319 e. The molecule has 0 aliphatic heterocycles. The van der Waals surface area contributed by atoms with Crippen molar-refractivity contribution in [2.24, 2.45) is 0 Å². The molecule has 3 N–H and O–H groups in total. The fourth-order valence-corrected chi connectivity index (χ4v) is 3.44. The van der Waals surface area contributed by atoms with E-state index >= 15 is 0 Å². The van der Waals surface area contributed by atoms with Crippen molar-refractivity contribution >= 4 is 49.5 Å². The highest BCUT2D eigenvalue weighted by molar-refractivity contribution is 9.11. The van der Waals surface area contributed by atoms with Crippen LogP contribution in [0.15, 0.2) is 27.1 Å². The number of nitrogens with one attached hydrogen (secondary N) is 2. The average molecular weight is 406 g/mol. The van der Waals surface area contributed by atoms with Gasteiger partial charge in [-0.15, -0.1) is 0 Å². The van der Waals surface area contributed by atoms with Crippen LogP contribution in [0.5, 0.6) is 0 Å². The molecule has 0 heterocycles. The molecule has 0 saturated heterocycles. The molecule has 2 rings (SSSR count). The summed E-state index contributed by atoms with van der Waals surface area (Å²) < 4.78 is 1.51. The molecule has 1 fully saturated rings. The van der Waals surface area contributed by atoms with Crippen molar-refractivity contribution in [3.63, 3.8) is 0 Å². The van der Waals surface area contributed by atoms with E-state index in [1.54, 1.807) is 0 Å². The van der Waals surface area contributed by atoms with Gasteiger partial charge in [-0.1, -0.05) is 6.07 Å². The molecule has 0 atom stereocenters. The number of hydrogen-bond donors (Lipinski definition) is 3. The molecule has 7 heteroatoms. The molecule has 2 amide bonds. The highest BCUT2D eigenvalue weighted by Gasteiger charge is 2.40. The van der Waals surface area contributed by atoms with Crippen molar-refractivity contribution in [3.05, 3.63) is 27.1 Å². The van der Waals surface area contributed by atoms with Crippen molar-refractivity contribution in [1.29, 1.82) is 0 Å². The molecule has 1 saturated carbocycles. The maximum absolute atomic E-state index is 12.0. The SMILES string of the molecule is O=C(O)CC1(NC(=O)Nc2c(Br)cccc2Br)CCC1. The molecule has 1 aliphatic rings. The van der Waals surface area contributed by atoms with E-state index in [1.165, 1.54) is 0 Å². The average Bonchev–Trinajstić information content (AvgIpc) is 2.30. The predicted octanol–water partition coefficient (Wildman–Crippen LogP) is 3.73. The van der Waals surface area contributed by atoms with E-state index < -0.39 is 17.5 Å². The second-order valence-corrected chi connectivity index (χ2v) is 6.59. The largest absolute Gasteiger partial charge is 0.481 e. The minimum atomic E-state index is -0.896. The van der Waals surface area contributed by atoms with E-state index in [-0.39, 0.29) is 6.42 Å². The number of carboxylic acids is 1. The lowest BCUT2D eigenvalue weighted by molar-refractivity contribution is -0.139. The minimum absolute atomic E-state index is 0.0441. The van der Waals surface area contributed by atoms with Gasteiger partial charge in [0, 0.05) is 8.95 Å². The standard InChI is InChI=1S/C13H14Br2N2O3/c14-8-3-1-4-9(15)11(8)16-12(20)17-13(5-2-6-13)7-10(18)19/h1,3-4H,2,5-7H2,(H,18,19)(H2,16,17,20). The van der Waals surface area contributed by atoms with Crippen LogP contribution >= 0.6 is 31.9 Å². The highest BCUT2D eigenvalue weighted by Crippen LogP contribution is 2.35. The summed E-state index contributed by atoms with van der Waals surface area (Å²) >= 11 is 6.72. The van der Waals surface area contributed by atoms with Gasteiger partial charge in [0.05, 0.1) is 17.6 Å². The third kappa shape index (κ3) is 3.52. The van der Waals surface area contributed by atoms with Crippen molar-refractivity contribution in [1.82, 2.24) is 5.32 Å². The maximum atomic E-state index is 12.0. The van der Waals surface area contributed by atoms with Crippen LogP contribution in [0.1, 0.15) is 25.7 Å². The monoisotopic (exact) mass is 404 g/mol. The van der Waals surface area contributed by atoms with Gasteiger partial charge in [0.2, 0.25) is 0 Å². The summed E-state index contributed by atoms with van der Waals surface area (Å²) in [6.45, 7) is 0. The molecule has 5 nitrogen and oxygen atoms in total.